The standard InChI is InChI=1S/C27H29ClN4O3/c1-17(2)32-16-23(28)22-15-21(6-7-24(22)32)26-29-25(30-35-26)20-5-3-4-18(14-20)8-11-31-12-9-19(10-13-31)27(33)34/h3-7,14-17,19H,8-13H2,1-2H3,(H,33,34). The van der Waals surface area contributed by atoms with Gasteiger partial charge in [-0.1, -0.05) is 35.0 Å². The van der Waals surface area contributed by atoms with Crippen LogP contribution >= 0.6 is 11.6 Å². The van der Waals surface area contributed by atoms with Crippen LogP contribution in [-0.2, 0) is 11.2 Å². The lowest BCUT2D eigenvalue weighted by atomic mass is 9.97. The van der Waals surface area contributed by atoms with Gasteiger partial charge < -0.3 is 19.1 Å². The van der Waals surface area contributed by atoms with E-state index in [0.29, 0.717) is 22.8 Å². The molecule has 0 atom stereocenters. The maximum Gasteiger partial charge on any atom is 0.306 e. The van der Waals surface area contributed by atoms with Crippen LogP contribution in [0.4, 0.5) is 0 Å². The molecule has 1 saturated heterocycles. The summed E-state index contributed by atoms with van der Waals surface area (Å²) in [4.78, 5) is 18.1. The summed E-state index contributed by atoms with van der Waals surface area (Å²) in [5.41, 5.74) is 4.01. The molecule has 3 heterocycles. The molecule has 2 aromatic heterocycles. The number of halogens is 1. The lowest BCUT2D eigenvalue weighted by Crippen LogP contribution is -2.37. The Morgan fingerprint density at radius 2 is 1.97 bits per heavy atom. The summed E-state index contributed by atoms with van der Waals surface area (Å²) in [5.74, 6) is 0.139. The molecule has 1 aliphatic heterocycles. The van der Waals surface area contributed by atoms with E-state index in [2.05, 4.69) is 45.6 Å². The molecule has 0 amide bonds. The van der Waals surface area contributed by atoms with Gasteiger partial charge in [0, 0.05) is 40.8 Å². The van der Waals surface area contributed by atoms with Gasteiger partial charge in [0.2, 0.25) is 5.82 Å². The largest absolute Gasteiger partial charge is 0.481 e. The molecule has 0 saturated carbocycles. The highest BCUT2D eigenvalue weighted by molar-refractivity contribution is 6.35. The number of hydrogen-bond donors (Lipinski definition) is 1. The summed E-state index contributed by atoms with van der Waals surface area (Å²) >= 11 is 6.49. The summed E-state index contributed by atoms with van der Waals surface area (Å²) in [7, 11) is 0. The highest BCUT2D eigenvalue weighted by atomic mass is 35.5. The monoisotopic (exact) mass is 492 g/mol. The van der Waals surface area contributed by atoms with Crippen molar-refractivity contribution in [2.24, 2.45) is 5.92 Å². The number of rotatable bonds is 7. The van der Waals surface area contributed by atoms with E-state index >= 15 is 0 Å². The van der Waals surface area contributed by atoms with Gasteiger partial charge in [-0.15, -0.1) is 0 Å². The van der Waals surface area contributed by atoms with Crippen molar-refractivity contribution in [1.82, 2.24) is 19.6 Å². The minimum atomic E-state index is -0.672. The zero-order valence-electron chi connectivity index (χ0n) is 19.9. The molecule has 2 aromatic carbocycles. The van der Waals surface area contributed by atoms with Crippen LogP contribution in [-0.4, -0.2) is 50.3 Å². The summed E-state index contributed by atoms with van der Waals surface area (Å²) in [6.07, 6.45) is 4.29. The number of carbonyl (C=O) groups is 1. The zero-order chi connectivity index (χ0) is 24.5. The summed E-state index contributed by atoms with van der Waals surface area (Å²) in [5, 5.41) is 15.1. The van der Waals surface area contributed by atoms with Gasteiger partial charge in [-0.2, -0.15) is 4.98 Å². The molecular weight excluding hydrogens is 464 g/mol. The van der Waals surface area contributed by atoms with Crippen LogP contribution in [0.1, 0.15) is 38.3 Å². The third kappa shape index (κ3) is 4.97. The van der Waals surface area contributed by atoms with Crippen molar-refractivity contribution in [2.75, 3.05) is 19.6 Å². The first-order valence-corrected chi connectivity index (χ1v) is 12.5. The van der Waals surface area contributed by atoms with Gasteiger partial charge in [-0.3, -0.25) is 4.79 Å². The average molecular weight is 493 g/mol. The normalized spacial score (nSPS) is 15.3. The molecule has 1 fully saturated rings. The maximum atomic E-state index is 11.2. The molecule has 0 spiro atoms. The number of carboxylic acids is 1. The molecule has 8 heteroatoms. The van der Waals surface area contributed by atoms with Crippen LogP contribution in [0, 0.1) is 5.92 Å². The fourth-order valence-corrected chi connectivity index (χ4v) is 5.05. The second-order valence-electron chi connectivity index (χ2n) is 9.54. The number of piperidine rings is 1. The number of fused-ring (bicyclic) bond motifs is 1. The quantitative estimate of drug-likeness (QED) is 0.344. The molecule has 182 valence electrons. The highest BCUT2D eigenvalue weighted by Gasteiger charge is 2.24. The number of carboxylic acid groups (broad SMARTS) is 1. The van der Waals surface area contributed by atoms with Crippen LogP contribution in [0.25, 0.3) is 33.7 Å². The van der Waals surface area contributed by atoms with Crippen LogP contribution in [0.15, 0.2) is 53.2 Å². The molecule has 35 heavy (non-hydrogen) atoms. The van der Waals surface area contributed by atoms with Crippen molar-refractivity contribution in [3.05, 3.63) is 59.2 Å². The summed E-state index contributed by atoms with van der Waals surface area (Å²) in [6.45, 7) is 6.83. The second kappa shape index (κ2) is 9.84. The van der Waals surface area contributed by atoms with E-state index in [4.69, 9.17) is 16.1 Å². The average Bonchev–Trinajstić information content (AvgIpc) is 3.48. The third-order valence-corrected chi connectivity index (χ3v) is 7.15. The Kier molecular flexibility index (Phi) is 6.62. The van der Waals surface area contributed by atoms with Crippen LogP contribution in [0.3, 0.4) is 0 Å². The Bertz CT molecular complexity index is 1350. The number of aliphatic carboxylic acids is 1. The third-order valence-electron chi connectivity index (χ3n) is 6.85. The van der Waals surface area contributed by atoms with Gasteiger partial charge in [0.15, 0.2) is 0 Å². The first kappa shape index (κ1) is 23.6. The number of likely N-dealkylation sites (tertiary alicyclic amines) is 1. The topological polar surface area (TPSA) is 84.4 Å². The number of hydrogen-bond acceptors (Lipinski definition) is 5. The van der Waals surface area contributed by atoms with Gasteiger partial charge in [-0.05, 0) is 76.0 Å². The minimum Gasteiger partial charge on any atom is -0.481 e. The van der Waals surface area contributed by atoms with E-state index in [1.54, 1.807) is 0 Å². The number of nitrogens with zero attached hydrogens (tertiary/aromatic N) is 4. The molecule has 0 bridgehead atoms. The van der Waals surface area contributed by atoms with Crippen molar-refractivity contribution in [3.8, 4) is 22.8 Å². The lowest BCUT2D eigenvalue weighted by molar-refractivity contribution is -0.143. The van der Waals surface area contributed by atoms with E-state index in [0.717, 1.165) is 60.9 Å². The SMILES string of the molecule is CC(C)n1cc(Cl)c2cc(-c3nc(-c4cccc(CCN5CCC(C(=O)O)CC5)c4)no3)ccc21. The summed E-state index contributed by atoms with van der Waals surface area (Å²) in [6, 6.07) is 14.5. The predicted octanol–water partition coefficient (Wildman–Crippen LogP) is 5.93. The van der Waals surface area contributed by atoms with E-state index in [9.17, 15) is 9.90 Å². The summed E-state index contributed by atoms with van der Waals surface area (Å²) < 4.78 is 7.76. The van der Waals surface area contributed by atoms with Crippen LogP contribution in [0.5, 0.6) is 0 Å². The highest BCUT2D eigenvalue weighted by Crippen LogP contribution is 2.32. The fraction of sp³-hybridized carbons (Fsp3) is 0.370. The van der Waals surface area contributed by atoms with Crippen molar-refractivity contribution in [2.45, 2.75) is 39.2 Å². The Labute approximate surface area is 209 Å². The first-order valence-electron chi connectivity index (χ1n) is 12.1. The van der Waals surface area contributed by atoms with Gasteiger partial charge in [0.1, 0.15) is 0 Å². The predicted molar refractivity (Wildman–Crippen MR) is 137 cm³/mol. The van der Waals surface area contributed by atoms with E-state index in [1.165, 1.54) is 5.56 Å². The van der Waals surface area contributed by atoms with Gasteiger partial charge in [0.05, 0.1) is 10.9 Å². The molecule has 0 radical (unpaired) electrons. The van der Waals surface area contributed by atoms with Crippen molar-refractivity contribution in [3.63, 3.8) is 0 Å². The Morgan fingerprint density at radius 3 is 2.71 bits per heavy atom. The van der Waals surface area contributed by atoms with E-state index in [-0.39, 0.29) is 5.92 Å². The van der Waals surface area contributed by atoms with Crippen molar-refractivity contribution >= 4 is 28.5 Å². The molecule has 5 rings (SSSR count). The molecular formula is C27H29ClN4O3. The van der Waals surface area contributed by atoms with E-state index < -0.39 is 5.97 Å². The Balaban J connectivity index is 1.29. The van der Waals surface area contributed by atoms with Gasteiger partial charge >= 0.3 is 5.97 Å². The molecule has 1 N–H and O–H groups in total. The van der Waals surface area contributed by atoms with Crippen LogP contribution in [0.2, 0.25) is 5.02 Å². The first-order chi connectivity index (χ1) is 16.9. The van der Waals surface area contributed by atoms with Crippen molar-refractivity contribution < 1.29 is 14.4 Å². The van der Waals surface area contributed by atoms with Gasteiger partial charge in [0.25, 0.3) is 5.89 Å². The lowest BCUT2D eigenvalue weighted by Gasteiger charge is -2.29. The number of aromatic nitrogens is 3. The molecule has 0 aliphatic carbocycles. The smallest absolute Gasteiger partial charge is 0.306 e. The van der Waals surface area contributed by atoms with E-state index in [1.807, 2.05) is 36.5 Å². The Hall–Kier alpha value is -3.16. The molecule has 4 aromatic rings. The van der Waals surface area contributed by atoms with Crippen LogP contribution < -0.4 is 0 Å². The maximum absolute atomic E-state index is 11.2. The molecule has 1 aliphatic rings. The number of benzene rings is 2. The molecule has 0 unspecified atom stereocenters. The zero-order valence-corrected chi connectivity index (χ0v) is 20.7. The fourth-order valence-electron chi connectivity index (χ4n) is 4.79. The second-order valence-corrected chi connectivity index (χ2v) is 9.94. The minimum absolute atomic E-state index is 0.200. The van der Waals surface area contributed by atoms with Crippen molar-refractivity contribution in [1.29, 1.82) is 0 Å². The molecule has 7 nitrogen and oxygen atoms in total. The Morgan fingerprint density at radius 1 is 1.17 bits per heavy atom. The van der Waals surface area contributed by atoms with Gasteiger partial charge in [-0.25, -0.2) is 0 Å².